The van der Waals surface area contributed by atoms with Gasteiger partial charge in [-0.25, -0.2) is 4.98 Å². The Hall–Kier alpha value is -2.77. The van der Waals surface area contributed by atoms with Gasteiger partial charge >= 0.3 is 0 Å². The fourth-order valence-electron chi connectivity index (χ4n) is 3.23. The number of nitrogens with one attached hydrogen (secondary N) is 3. The standard InChI is InChI=1S/C22H35N5O3/c1-14(2)13-25-20(28)9-7-8-10-24-22-21(23)27(15(3)4)17-12-19(30-6)18(29-5)11-16(17)26-22/h11-12,14-15,23H,7-10,13H2,1-6H3,(H,24,26)(H,25,28). The maximum Gasteiger partial charge on any atom is 0.220 e. The van der Waals surface area contributed by atoms with Crippen LogP contribution >= 0.6 is 0 Å². The van der Waals surface area contributed by atoms with Crippen molar-refractivity contribution in [2.75, 3.05) is 32.6 Å². The molecule has 0 aliphatic carbocycles. The highest BCUT2D eigenvalue weighted by Gasteiger charge is 2.15. The van der Waals surface area contributed by atoms with E-state index in [0.29, 0.717) is 48.2 Å². The Kier molecular flexibility index (Phi) is 8.50. The number of hydrogen-bond donors (Lipinski definition) is 3. The molecule has 2 aromatic rings. The molecule has 0 spiro atoms. The summed E-state index contributed by atoms with van der Waals surface area (Å²) in [6, 6.07) is 3.77. The molecule has 0 saturated heterocycles. The third-order valence-corrected chi connectivity index (χ3v) is 4.78. The summed E-state index contributed by atoms with van der Waals surface area (Å²) in [7, 11) is 3.19. The van der Waals surface area contributed by atoms with Crippen LogP contribution in [0.15, 0.2) is 12.1 Å². The predicted octanol–water partition coefficient (Wildman–Crippen LogP) is 3.47. The average Bonchev–Trinajstić information content (AvgIpc) is 2.70. The molecular formula is C22H35N5O3. The number of carbonyl (C=O) groups excluding carboxylic acids is 1. The number of ether oxygens (including phenoxy) is 2. The zero-order valence-corrected chi connectivity index (χ0v) is 19.0. The number of unbranched alkanes of at least 4 members (excludes halogenated alkanes) is 1. The van der Waals surface area contributed by atoms with Gasteiger partial charge in [-0.15, -0.1) is 0 Å². The van der Waals surface area contributed by atoms with Crippen molar-refractivity contribution in [2.24, 2.45) is 5.92 Å². The van der Waals surface area contributed by atoms with E-state index in [2.05, 4.69) is 29.5 Å². The van der Waals surface area contributed by atoms with Crippen LogP contribution in [-0.2, 0) is 4.79 Å². The lowest BCUT2D eigenvalue weighted by Crippen LogP contribution is -2.28. The van der Waals surface area contributed by atoms with Gasteiger partial charge in [0.05, 0.1) is 25.3 Å². The van der Waals surface area contributed by atoms with Crippen LogP contribution in [0.5, 0.6) is 11.5 Å². The quantitative estimate of drug-likeness (QED) is 0.486. The topological polar surface area (TPSA) is 101 Å². The maximum absolute atomic E-state index is 11.8. The van der Waals surface area contributed by atoms with Crippen molar-refractivity contribution in [3.8, 4) is 11.5 Å². The summed E-state index contributed by atoms with van der Waals surface area (Å²) in [5, 5.41) is 14.8. The largest absolute Gasteiger partial charge is 0.493 e. The van der Waals surface area contributed by atoms with E-state index in [1.807, 2.05) is 30.5 Å². The van der Waals surface area contributed by atoms with Crippen LogP contribution in [-0.4, -0.2) is 42.8 Å². The maximum atomic E-state index is 11.8. The minimum Gasteiger partial charge on any atom is -0.493 e. The molecule has 0 bridgehead atoms. The Morgan fingerprint density at radius 2 is 1.80 bits per heavy atom. The van der Waals surface area contributed by atoms with Gasteiger partial charge in [-0.05, 0) is 32.6 Å². The Morgan fingerprint density at radius 1 is 1.13 bits per heavy atom. The lowest BCUT2D eigenvalue weighted by atomic mass is 10.2. The van der Waals surface area contributed by atoms with E-state index < -0.39 is 0 Å². The highest BCUT2D eigenvalue weighted by molar-refractivity contribution is 5.81. The van der Waals surface area contributed by atoms with E-state index in [0.717, 1.165) is 23.9 Å². The summed E-state index contributed by atoms with van der Waals surface area (Å²) >= 11 is 0. The van der Waals surface area contributed by atoms with E-state index in [4.69, 9.17) is 14.9 Å². The van der Waals surface area contributed by atoms with Gasteiger partial charge in [-0.3, -0.25) is 10.2 Å². The molecular weight excluding hydrogens is 382 g/mol. The molecule has 0 aliphatic heterocycles. The van der Waals surface area contributed by atoms with E-state index in [1.165, 1.54) is 0 Å². The van der Waals surface area contributed by atoms with Crippen molar-refractivity contribution in [1.82, 2.24) is 14.9 Å². The second-order valence-corrected chi connectivity index (χ2v) is 8.05. The summed E-state index contributed by atoms with van der Waals surface area (Å²) in [5.74, 6) is 2.28. The molecule has 0 unspecified atom stereocenters. The molecule has 2 rings (SSSR count). The van der Waals surface area contributed by atoms with Gasteiger partial charge in [0.2, 0.25) is 5.91 Å². The van der Waals surface area contributed by atoms with Crippen molar-refractivity contribution in [3.05, 3.63) is 17.6 Å². The number of nitrogens with zero attached hydrogens (tertiary/aromatic N) is 2. The highest BCUT2D eigenvalue weighted by Crippen LogP contribution is 2.32. The minimum atomic E-state index is 0.0753. The summed E-state index contributed by atoms with van der Waals surface area (Å²) in [5.41, 5.74) is 1.87. The molecule has 8 nitrogen and oxygen atoms in total. The van der Waals surface area contributed by atoms with Gasteiger partial charge in [0, 0.05) is 37.7 Å². The number of benzene rings is 1. The third kappa shape index (κ3) is 5.87. The van der Waals surface area contributed by atoms with Gasteiger partial charge < -0.3 is 24.7 Å². The van der Waals surface area contributed by atoms with Crippen LogP contribution in [0.2, 0.25) is 0 Å². The Labute approximate surface area is 178 Å². The van der Waals surface area contributed by atoms with E-state index in [1.54, 1.807) is 14.2 Å². The molecule has 0 atom stereocenters. The summed E-state index contributed by atoms with van der Waals surface area (Å²) in [4.78, 5) is 16.5. The van der Waals surface area contributed by atoms with Crippen molar-refractivity contribution in [2.45, 2.75) is 53.0 Å². The first-order valence-electron chi connectivity index (χ1n) is 10.5. The number of aromatic nitrogens is 2. The van der Waals surface area contributed by atoms with Gasteiger partial charge in [0.15, 0.2) is 22.8 Å². The number of anilines is 1. The van der Waals surface area contributed by atoms with Crippen LogP contribution in [0, 0.1) is 11.3 Å². The Bertz CT molecular complexity index is 921. The molecule has 8 heteroatoms. The summed E-state index contributed by atoms with van der Waals surface area (Å²) < 4.78 is 12.7. The van der Waals surface area contributed by atoms with Crippen molar-refractivity contribution >= 4 is 22.8 Å². The van der Waals surface area contributed by atoms with E-state index >= 15 is 0 Å². The minimum absolute atomic E-state index is 0.0753. The number of amides is 1. The molecule has 3 N–H and O–H groups in total. The number of fused-ring (bicyclic) bond motifs is 1. The van der Waals surface area contributed by atoms with Crippen LogP contribution in [0.1, 0.15) is 53.0 Å². The average molecular weight is 418 g/mol. The monoisotopic (exact) mass is 417 g/mol. The fourth-order valence-corrected chi connectivity index (χ4v) is 3.23. The third-order valence-electron chi connectivity index (χ3n) is 4.78. The number of methoxy groups -OCH3 is 2. The van der Waals surface area contributed by atoms with Crippen molar-refractivity contribution in [1.29, 1.82) is 5.41 Å². The fraction of sp³-hybridized carbons (Fsp3) is 0.591. The van der Waals surface area contributed by atoms with Crippen LogP contribution in [0.3, 0.4) is 0 Å². The first kappa shape index (κ1) is 23.5. The zero-order valence-electron chi connectivity index (χ0n) is 19.0. The molecule has 1 aromatic heterocycles. The van der Waals surface area contributed by atoms with Crippen LogP contribution in [0.25, 0.3) is 11.0 Å². The smallest absolute Gasteiger partial charge is 0.220 e. The van der Waals surface area contributed by atoms with E-state index in [9.17, 15) is 4.79 Å². The summed E-state index contributed by atoms with van der Waals surface area (Å²) in [6.45, 7) is 9.58. The van der Waals surface area contributed by atoms with Gasteiger partial charge in [-0.1, -0.05) is 13.8 Å². The van der Waals surface area contributed by atoms with Crippen molar-refractivity contribution in [3.63, 3.8) is 0 Å². The first-order chi connectivity index (χ1) is 14.3. The number of hydrogen-bond acceptors (Lipinski definition) is 6. The zero-order chi connectivity index (χ0) is 22.3. The molecule has 0 fully saturated rings. The second kappa shape index (κ2) is 10.8. The molecule has 1 amide bonds. The molecule has 30 heavy (non-hydrogen) atoms. The van der Waals surface area contributed by atoms with E-state index in [-0.39, 0.29) is 11.9 Å². The number of rotatable bonds is 11. The van der Waals surface area contributed by atoms with Crippen LogP contribution in [0.4, 0.5) is 5.82 Å². The normalized spacial score (nSPS) is 11.2. The lowest BCUT2D eigenvalue weighted by Gasteiger charge is -2.19. The Morgan fingerprint density at radius 3 is 2.40 bits per heavy atom. The second-order valence-electron chi connectivity index (χ2n) is 8.05. The van der Waals surface area contributed by atoms with Gasteiger partial charge in [-0.2, -0.15) is 0 Å². The number of carbonyl (C=O) groups is 1. The highest BCUT2D eigenvalue weighted by atomic mass is 16.5. The van der Waals surface area contributed by atoms with Gasteiger partial charge in [0.25, 0.3) is 0 Å². The van der Waals surface area contributed by atoms with Crippen molar-refractivity contribution < 1.29 is 14.3 Å². The molecule has 0 radical (unpaired) electrons. The summed E-state index contributed by atoms with van der Waals surface area (Å²) in [6.07, 6.45) is 2.12. The molecule has 1 heterocycles. The molecule has 0 aliphatic rings. The van der Waals surface area contributed by atoms with Gasteiger partial charge in [0.1, 0.15) is 0 Å². The molecule has 0 saturated carbocycles. The predicted molar refractivity (Wildman–Crippen MR) is 119 cm³/mol. The Balaban J connectivity index is 2.13. The molecule has 1 aromatic carbocycles. The first-order valence-corrected chi connectivity index (χ1v) is 10.5. The molecule has 166 valence electrons. The SMILES string of the molecule is COc1cc2nc(NCCCCC(=O)NCC(C)C)c(=N)n(C(C)C)c2cc1OC. The van der Waals surface area contributed by atoms with Crippen LogP contribution < -0.4 is 25.6 Å². The lowest BCUT2D eigenvalue weighted by molar-refractivity contribution is -0.121.